The highest BCUT2D eigenvalue weighted by atomic mass is 79.9. The van der Waals surface area contributed by atoms with Crippen molar-refractivity contribution in [3.05, 3.63) is 51.3 Å². The van der Waals surface area contributed by atoms with Crippen LogP contribution in [0.25, 0.3) is 0 Å². The monoisotopic (exact) mass is 335 g/mol. The van der Waals surface area contributed by atoms with Crippen LogP contribution in [-0.2, 0) is 13.1 Å². The Morgan fingerprint density at radius 1 is 1.20 bits per heavy atom. The highest BCUT2D eigenvalue weighted by molar-refractivity contribution is 9.10. The van der Waals surface area contributed by atoms with E-state index in [1.807, 2.05) is 6.92 Å². The molecule has 2 aromatic rings. The van der Waals surface area contributed by atoms with Gasteiger partial charge < -0.3 is 5.32 Å². The summed E-state index contributed by atoms with van der Waals surface area (Å²) in [6, 6.07) is 8.61. The summed E-state index contributed by atoms with van der Waals surface area (Å²) in [5.74, 6) is 0. The normalized spacial score (nSPS) is 11.0. The third-order valence-corrected chi connectivity index (χ3v) is 4.27. The number of benzene rings is 1. The van der Waals surface area contributed by atoms with E-state index in [0.717, 1.165) is 31.7 Å². The van der Waals surface area contributed by atoms with E-state index in [1.54, 1.807) is 0 Å². The average Bonchev–Trinajstić information content (AvgIpc) is 2.72. The number of nitrogens with zero attached hydrogens (tertiary/aromatic N) is 2. The van der Waals surface area contributed by atoms with Gasteiger partial charge in [-0.2, -0.15) is 5.10 Å². The van der Waals surface area contributed by atoms with Gasteiger partial charge in [-0.15, -0.1) is 0 Å². The lowest BCUT2D eigenvalue weighted by Gasteiger charge is -2.08. The van der Waals surface area contributed by atoms with E-state index in [9.17, 15) is 0 Å². The molecule has 0 aliphatic rings. The second-order valence-electron chi connectivity index (χ2n) is 5.26. The van der Waals surface area contributed by atoms with Gasteiger partial charge in [-0.25, -0.2) is 0 Å². The quantitative estimate of drug-likeness (QED) is 0.814. The molecule has 4 heteroatoms. The highest BCUT2D eigenvalue weighted by Crippen LogP contribution is 2.16. The first-order valence-electron chi connectivity index (χ1n) is 7.03. The Kier molecular flexibility index (Phi) is 5.38. The minimum Gasteiger partial charge on any atom is -0.313 e. The molecule has 0 saturated heterocycles. The highest BCUT2D eigenvalue weighted by Gasteiger charge is 2.00. The molecule has 2 rings (SSSR count). The van der Waals surface area contributed by atoms with E-state index < -0.39 is 0 Å². The molecule has 1 aromatic heterocycles. The summed E-state index contributed by atoms with van der Waals surface area (Å²) in [5.41, 5.74) is 4.95. The van der Waals surface area contributed by atoms with Gasteiger partial charge in [0.1, 0.15) is 0 Å². The number of halogens is 1. The van der Waals surface area contributed by atoms with E-state index in [-0.39, 0.29) is 0 Å². The fraction of sp³-hybridized carbons (Fsp3) is 0.438. The maximum Gasteiger partial charge on any atom is 0.0596 e. The van der Waals surface area contributed by atoms with Gasteiger partial charge in [0, 0.05) is 23.3 Å². The number of aryl methyl sites for hydroxylation is 4. The van der Waals surface area contributed by atoms with Crippen LogP contribution in [-0.4, -0.2) is 16.3 Å². The van der Waals surface area contributed by atoms with Crippen LogP contribution in [0.4, 0.5) is 0 Å². The molecule has 0 spiro atoms. The number of aromatic nitrogens is 2. The molecule has 20 heavy (non-hydrogen) atoms. The first-order chi connectivity index (χ1) is 9.56. The van der Waals surface area contributed by atoms with E-state index in [1.165, 1.54) is 21.3 Å². The number of nitrogens with one attached hydrogen (secondary N) is 1. The lowest BCUT2D eigenvalue weighted by Crippen LogP contribution is -2.17. The Labute approximate surface area is 129 Å². The Morgan fingerprint density at radius 3 is 2.65 bits per heavy atom. The molecule has 3 nitrogen and oxygen atoms in total. The van der Waals surface area contributed by atoms with Crippen molar-refractivity contribution in [1.29, 1.82) is 0 Å². The van der Waals surface area contributed by atoms with Crippen LogP contribution in [0.2, 0.25) is 0 Å². The smallest absolute Gasteiger partial charge is 0.0596 e. The SMILES string of the molecule is Cc1cc(C)n(CCCNCc2ccc(Br)c(C)c2)n1. The second kappa shape index (κ2) is 7.04. The van der Waals surface area contributed by atoms with Gasteiger partial charge >= 0.3 is 0 Å². The third kappa shape index (κ3) is 4.18. The molecule has 0 amide bonds. The molecule has 0 aliphatic carbocycles. The minimum absolute atomic E-state index is 0.922. The Balaban J connectivity index is 1.71. The van der Waals surface area contributed by atoms with Crippen molar-refractivity contribution in [3.8, 4) is 0 Å². The van der Waals surface area contributed by atoms with E-state index >= 15 is 0 Å². The average molecular weight is 336 g/mol. The molecule has 108 valence electrons. The van der Waals surface area contributed by atoms with Crippen molar-refractivity contribution in [3.63, 3.8) is 0 Å². The number of rotatable bonds is 6. The summed E-state index contributed by atoms with van der Waals surface area (Å²) >= 11 is 3.53. The molecule has 0 aliphatic heterocycles. The number of hydrogen-bond donors (Lipinski definition) is 1. The van der Waals surface area contributed by atoms with Gasteiger partial charge in [0.15, 0.2) is 0 Å². The summed E-state index contributed by atoms with van der Waals surface area (Å²) < 4.78 is 3.26. The predicted octanol–water partition coefficient (Wildman–Crippen LogP) is 3.75. The molecule has 1 heterocycles. The number of hydrogen-bond acceptors (Lipinski definition) is 2. The Bertz CT molecular complexity index is 575. The Morgan fingerprint density at radius 2 is 2.00 bits per heavy atom. The molecule has 0 atom stereocenters. The van der Waals surface area contributed by atoms with Gasteiger partial charge in [0.25, 0.3) is 0 Å². The van der Waals surface area contributed by atoms with Crippen molar-refractivity contribution in [2.24, 2.45) is 0 Å². The van der Waals surface area contributed by atoms with E-state index in [4.69, 9.17) is 0 Å². The van der Waals surface area contributed by atoms with E-state index in [2.05, 4.69) is 69.1 Å². The van der Waals surface area contributed by atoms with Crippen LogP contribution in [0.5, 0.6) is 0 Å². The zero-order valence-electron chi connectivity index (χ0n) is 12.4. The summed E-state index contributed by atoms with van der Waals surface area (Å²) in [4.78, 5) is 0. The van der Waals surface area contributed by atoms with Crippen LogP contribution >= 0.6 is 15.9 Å². The third-order valence-electron chi connectivity index (χ3n) is 3.38. The van der Waals surface area contributed by atoms with Gasteiger partial charge in [0.05, 0.1) is 5.69 Å². The summed E-state index contributed by atoms with van der Waals surface area (Å²) in [5, 5.41) is 7.96. The van der Waals surface area contributed by atoms with Crippen molar-refractivity contribution in [2.75, 3.05) is 6.54 Å². The minimum atomic E-state index is 0.922. The second-order valence-corrected chi connectivity index (χ2v) is 6.12. The van der Waals surface area contributed by atoms with Crippen molar-refractivity contribution in [1.82, 2.24) is 15.1 Å². The maximum atomic E-state index is 4.47. The summed E-state index contributed by atoms with van der Waals surface area (Å²) in [6.07, 6.45) is 1.09. The first-order valence-corrected chi connectivity index (χ1v) is 7.82. The fourth-order valence-electron chi connectivity index (χ4n) is 2.30. The molecule has 0 saturated carbocycles. The van der Waals surface area contributed by atoms with Crippen molar-refractivity contribution >= 4 is 15.9 Å². The molecular weight excluding hydrogens is 314 g/mol. The molecule has 0 fully saturated rings. The summed E-state index contributed by atoms with van der Waals surface area (Å²) in [6.45, 7) is 9.18. The van der Waals surface area contributed by atoms with Crippen LogP contribution in [0.3, 0.4) is 0 Å². The maximum absolute atomic E-state index is 4.47. The van der Waals surface area contributed by atoms with Gasteiger partial charge in [-0.1, -0.05) is 28.1 Å². The van der Waals surface area contributed by atoms with Gasteiger partial charge in [-0.05, 0) is 57.0 Å². The largest absolute Gasteiger partial charge is 0.313 e. The molecule has 1 aromatic carbocycles. The molecule has 1 N–H and O–H groups in total. The zero-order chi connectivity index (χ0) is 14.5. The van der Waals surface area contributed by atoms with Crippen LogP contribution in [0.1, 0.15) is 28.9 Å². The zero-order valence-corrected chi connectivity index (χ0v) is 14.0. The van der Waals surface area contributed by atoms with Crippen LogP contribution < -0.4 is 5.32 Å². The molecule has 0 unspecified atom stereocenters. The first kappa shape index (κ1) is 15.3. The van der Waals surface area contributed by atoms with Crippen LogP contribution in [0, 0.1) is 20.8 Å². The van der Waals surface area contributed by atoms with E-state index in [0.29, 0.717) is 0 Å². The standard InChI is InChI=1S/C16H22BrN3/c1-12-9-15(5-6-16(12)17)11-18-7-4-8-20-14(3)10-13(2)19-20/h5-6,9-10,18H,4,7-8,11H2,1-3H3. The lowest BCUT2D eigenvalue weighted by molar-refractivity contribution is 0.532. The summed E-state index contributed by atoms with van der Waals surface area (Å²) in [7, 11) is 0. The van der Waals surface area contributed by atoms with Gasteiger partial charge in [0.2, 0.25) is 0 Å². The Hall–Kier alpha value is -1.13. The molecule has 0 radical (unpaired) electrons. The topological polar surface area (TPSA) is 29.9 Å². The van der Waals surface area contributed by atoms with Crippen molar-refractivity contribution in [2.45, 2.75) is 40.3 Å². The fourth-order valence-corrected chi connectivity index (χ4v) is 2.55. The predicted molar refractivity (Wildman–Crippen MR) is 86.9 cm³/mol. The van der Waals surface area contributed by atoms with Crippen molar-refractivity contribution < 1.29 is 0 Å². The van der Waals surface area contributed by atoms with Crippen LogP contribution in [0.15, 0.2) is 28.7 Å². The lowest BCUT2D eigenvalue weighted by atomic mass is 10.1. The molecular formula is C16H22BrN3. The van der Waals surface area contributed by atoms with Gasteiger partial charge in [-0.3, -0.25) is 4.68 Å². The molecule has 0 bridgehead atoms.